The Kier molecular flexibility index (Phi) is 3.00. The highest BCUT2D eigenvalue weighted by Crippen LogP contribution is 2.29. The van der Waals surface area contributed by atoms with Crippen LogP contribution in [-0.4, -0.2) is 34.1 Å². The summed E-state index contributed by atoms with van der Waals surface area (Å²) in [5.74, 6) is 0.890. The molecule has 0 N–H and O–H groups in total. The molecule has 0 unspecified atom stereocenters. The first-order chi connectivity index (χ1) is 8.40. The number of methoxy groups -OCH3 is 1. The largest absolute Gasteiger partial charge is 0.384 e. The maximum absolute atomic E-state index is 5.05. The molecule has 2 aromatic heterocycles. The van der Waals surface area contributed by atoms with Gasteiger partial charge in [-0.25, -0.2) is 0 Å². The van der Waals surface area contributed by atoms with Gasteiger partial charge in [0, 0.05) is 12.9 Å². The number of fused-ring (bicyclic) bond motifs is 3. The predicted octanol–water partition coefficient (Wildman–Crippen LogP) is 2.68. The van der Waals surface area contributed by atoms with E-state index in [0.717, 1.165) is 22.5 Å². The van der Waals surface area contributed by atoms with Crippen molar-refractivity contribution < 1.29 is 4.74 Å². The normalized spacial score (nSPS) is 11.6. The van der Waals surface area contributed by atoms with Crippen molar-refractivity contribution in [2.45, 2.75) is 5.16 Å². The van der Waals surface area contributed by atoms with Gasteiger partial charge in [0.25, 0.3) is 0 Å². The molecule has 0 bridgehead atoms. The highest BCUT2D eigenvalue weighted by molar-refractivity contribution is 7.99. The summed E-state index contributed by atoms with van der Waals surface area (Å²) in [7, 11) is 1.71. The van der Waals surface area contributed by atoms with Crippen LogP contribution < -0.4 is 0 Å². The fourth-order valence-corrected chi connectivity index (χ4v) is 3.53. The number of rotatable bonds is 4. The van der Waals surface area contributed by atoms with E-state index in [0.29, 0.717) is 0 Å². The highest BCUT2D eigenvalue weighted by Gasteiger charge is 2.11. The maximum atomic E-state index is 5.05. The number of para-hydroxylation sites is 1. The number of aromatic nitrogens is 3. The lowest BCUT2D eigenvalue weighted by Crippen LogP contribution is -1.93. The number of hydrogen-bond acceptors (Lipinski definition) is 5. The monoisotopic (exact) mass is 265 g/mol. The predicted molar refractivity (Wildman–Crippen MR) is 71.0 cm³/mol. The van der Waals surface area contributed by atoms with E-state index in [-0.39, 0.29) is 0 Å². The van der Waals surface area contributed by atoms with Crippen molar-refractivity contribution in [2.24, 2.45) is 0 Å². The van der Waals surface area contributed by atoms with Gasteiger partial charge in [-0.05, 0) is 12.1 Å². The van der Waals surface area contributed by atoms with Crippen LogP contribution in [0.5, 0.6) is 0 Å². The fraction of sp³-hybridized carbons (Fsp3) is 0.273. The van der Waals surface area contributed by atoms with Gasteiger partial charge in [0.1, 0.15) is 0 Å². The Morgan fingerprint density at radius 3 is 3.12 bits per heavy atom. The molecular weight excluding hydrogens is 254 g/mol. The van der Waals surface area contributed by atoms with Crippen LogP contribution >= 0.6 is 23.1 Å². The minimum absolute atomic E-state index is 0.724. The lowest BCUT2D eigenvalue weighted by atomic mass is 10.3. The van der Waals surface area contributed by atoms with Gasteiger partial charge in [0.15, 0.2) is 5.16 Å². The van der Waals surface area contributed by atoms with Gasteiger partial charge >= 0.3 is 0 Å². The second-order valence-corrected chi connectivity index (χ2v) is 5.58. The summed E-state index contributed by atoms with van der Waals surface area (Å²) in [6, 6.07) is 8.29. The maximum Gasteiger partial charge on any atom is 0.217 e. The Morgan fingerprint density at radius 2 is 2.24 bits per heavy atom. The Labute approximate surface area is 107 Å². The second-order valence-electron chi connectivity index (χ2n) is 3.51. The number of hydrogen-bond donors (Lipinski definition) is 0. The van der Waals surface area contributed by atoms with Gasteiger partial charge in [-0.3, -0.25) is 4.40 Å². The van der Waals surface area contributed by atoms with Crippen LogP contribution in [0.4, 0.5) is 0 Å². The van der Waals surface area contributed by atoms with Crippen molar-refractivity contribution in [3.05, 3.63) is 24.3 Å². The number of thioether (sulfide) groups is 1. The van der Waals surface area contributed by atoms with Crippen molar-refractivity contribution in [1.82, 2.24) is 14.6 Å². The smallest absolute Gasteiger partial charge is 0.217 e. The highest BCUT2D eigenvalue weighted by atomic mass is 32.2. The third-order valence-corrected chi connectivity index (χ3v) is 4.33. The minimum atomic E-state index is 0.724. The van der Waals surface area contributed by atoms with Crippen molar-refractivity contribution >= 4 is 38.3 Å². The summed E-state index contributed by atoms with van der Waals surface area (Å²) >= 11 is 3.34. The molecular formula is C11H11N3OS2. The zero-order chi connectivity index (χ0) is 11.7. The first-order valence-electron chi connectivity index (χ1n) is 5.24. The number of thiazole rings is 1. The first kappa shape index (κ1) is 11.0. The summed E-state index contributed by atoms with van der Waals surface area (Å²) in [5, 5.41) is 9.35. The molecule has 4 nitrogen and oxygen atoms in total. The molecule has 3 rings (SSSR count). The van der Waals surface area contributed by atoms with E-state index in [9.17, 15) is 0 Å². The lowest BCUT2D eigenvalue weighted by Gasteiger charge is -1.98. The Hall–Kier alpha value is -1.11. The topological polar surface area (TPSA) is 39.4 Å². The van der Waals surface area contributed by atoms with Crippen LogP contribution in [0.1, 0.15) is 0 Å². The van der Waals surface area contributed by atoms with Crippen LogP contribution in [0.25, 0.3) is 15.2 Å². The molecule has 0 aliphatic carbocycles. The van der Waals surface area contributed by atoms with E-state index in [1.165, 1.54) is 10.2 Å². The zero-order valence-electron chi connectivity index (χ0n) is 9.29. The molecule has 0 saturated heterocycles. The summed E-state index contributed by atoms with van der Waals surface area (Å²) in [5.41, 5.74) is 1.18. The number of benzene rings is 1. The van der Waals surface area contributed by atoms with E-state index >= 15 is 0 Å². The molecule has 6 heteroatoms. The van der Waals surface area contributed by atoms with E-state index in [4.69, 9.17) is 4.74 Å². The standard InChI is InChI=1S/C11H11N3OS2/c1-15-6-7-16-10-12-13-11-14(10)8-4-2-3-5-9(8)17-11/h2-5H,6-7H2,1H3. The van der Waals surface area contributed by atoms with Crippen LogP contribution in [0, 0.1) is 0 Å². The minimum Gasteiger partial charge on any atom is -0.384 e. The molecule has 0 amide bonds. The van der Waals surface area contributed by atoms with Gasteiger partial charge < -0.3 is 4.74 Å². The van der Waals surface area contributed by atoms with Gasteiger partial charge in [0.2, 0.25) is 4.96 Å². The Balaban J connectivity index is 2.06. The fourth-order valence-electron chi connectivity index (χ4n) is 1.67. The Bertz CT molecular complexity index is 646. The molecule has 3 aromatic rings. The van der Waals surface area contributed by atoms with Crippen LogP contribution in [0.3, 0.4) is 0 Å². The summed E-state index contributed by atoms with van der Waals surface area (Å²) in [4.78, 5) is 0.950. The van der Waals surface area contributed by atoms with Crippen molar-refractivity contribution in [2.75, 3.05) is 19.5 Å². The molecule has 17 heavy (non-hydrogen) atoms. The molecule has 1 aromatic carbocycles. The summed E-state index contributed by atoms with van der Waals surface area (Å²) < 4.78 is 8.40. The van der Waals surface area contributed by atoms with Crippen molar-refractivity contribution in [1.29, 1.82) is 0 Å². The molecule has 0 fully saturated rings. The number of ether oxygens (including phenoxy) is 1. The molecule has 88 valence electrons. The average Bonchev–Trinajstić information content (AvgIpc) is 2.89. The molecule has 0 radical (unpaired) electrons. The van der Waals surface area contributed by atoms with Crippen molar-refractivity contribution in [3.63, 3.8) is 0 Å². The molecule has 0 atom stereocenters. The van der Waals surface area contributed by atoms with Crippen LogP contribution in [0.15, 0.2) is 29.4 Å². The quantitative estimate of drug-likeness (QED) is 0.537. The molecule has 0 saturated carbocycles. The lowest BCUT2D eigenvalue weighted by molar-refractivity contribution is 0.218. The van der Waals surface area contributed by atoms with Crippen molar-refractivity contribution in [3.8, 4) is 0 Å². The van der Waals surface area contributed by atoms with E-state index in [1.807, 2.05) is 12.1 Å². The SMILES string of the molecule is COCCSc1nnc2sc3ccccc3n12. The van der Waals surface area contributed by atoms with E-state index in [2.05, 4.69) is 26.7 Å². The molecule has 0 aliphatic rings. The number of nitrogens with zero attached hydrogens (tertiary/aromatic N) is 3. The van der Waals surface area contributed by atoms with Gasteiger partial charge in [-0.1, -0.05) is 35.2 Å². The average molecular weight is 265 g/mol. The van der Waals surface area contributed by atoms with Gasteiger partial charge in [0.05, 0.1) is 16.8 Å². The van der Waals surface area contributed by atoms with Crippen LogP contribution in [0.2, 0.25) is 0 Å². The zero-order valence-corrected chi connectivity index (χ0v) is 10.9. The summed E-state index contributed by atoms with van der Waals surface area (Å²) in [6.07, 6.45) is 0. The van der Waals surface area contributed by atoms with E-state index in [1.54, 1.807) is 30.2 Å². The summed E-state index contributed by atoms with van der Waals surface area (Å²) in [6.45, 7) is 0.724. The molecule has 2 heterocycles. The van der Waals surface area contributed by atoms with Gasteiger partial charge in [-0.2, -0.15) is 0 Å². The first-order valence-corrected chi connectivity index (χ1v) is 7.05. The second kappa shape index (κ2) is 4.64. The third kappa shape index (κ3) is 1.92. The van der Waals surface area contributed by atoms with E-state index < -0.39 is 0 Å². The van der Waals surface area contributed by atoms with Gasteiger partial charge in [-0.15, -0.1) is 10.2 Å². The molecule has 0 spiro atoms. The molecule has 0 aliphatic heterocycles. The third-order valence-electron chi connectivity index (χ3n) is 2.43. The Morgan fingerprint density at radius 1 is 1.35 bits per heavy atom. The van der Waals surface area contributed by atoms with Crippen LogP contribution in [-0.2, 0) is 4.74 Å².